The highest BCUT2D eigenvalue weighted by Crippen LogP contribution is 2.24. The smallest absolute Gasteiger partial charge is 0.255 e. The van der Waals surface area contributed by atoms with E-state index in [4.69, 9.17) is 9.47 Å². The highest BCUT2D eigenvalue weighted by atomic mass is 79.9. The Kier molecular flexibility index (Phi) is 6.13. The zero-order chi connectivity index (χ0) is 14.5. The number of hydrogen-bond donors (Lipinski definition) is 1. The van der Waals surface area contributed by atoms with Gasteiger partial charge in [-0.25, -0.2) is 0 Å². The maximum Gasteiger partial charge on any atom is 0.255 e. The maximum atomic E-state index is 12.3. The number of carbonyl (C=O) groups excluding carboxylic acids is 1. The van der Waals surface area contributed by atoms with Gasteiger partial charge in [-0.15, -0.1) is 0 Å². The third-order valence-electron chi connectivity index (χ3n) is 2.66. The van der Waals surface area contributed by atoms with Gasteiger partial charge < -0.3 is 14.8 Å². The molecule has 0 fully saturated rings. The minimum atomic E-state index is -0.370. The number of nitrogens with one attached hydrogen (secondary N) is 1. The topological polar surface area (TPSA) is 47.6 Å². The van der Waals surface area contributed by atoms with Crippen molar-refractivity contribution in [3.8, 4) is 11.5 Å². The number of alkyl halides is 2. The molecule has 1 aromatic carbocycles. The summed E-state index contributed by atoms with van der Waals surface area (Å²) in [6.45, 7) is 1.95. The van der Waals surface area contributed by atoms with Gasteiger partial charge in [-0.3, -0.25) is 4.79 Å². The monoisotopic (exact) mass is 393 g/mol. The molecule has 0 aliphatic carbocycles. The zero-order valence-corrected chi connectivity index (χ0v) is 14.3. The summed E-state index contributed by atoms with van der Waals surface area (Å²) < 4.78 is 10.3. The predicted molar refractivity (Wildman–Crippen MR) is 83.0 cm³/mol. The summed E-state index contributed by atoms with van der Waals surface area (Å²) >= 11 is 6.79. The van der Waals surface area contributed by atoms with Crippen molar-refractivity contribution < 1.29 is 14.3 Å². The second-order valence-electron chi connectivity index (χ2n) is 4.35. The van der Waals surface area contributed by atoms with Crippen LogP contribution >= 0.6 is 31.9 Å². The number of ether oxygens (including phenoxy) is 2. The lowest BCUT2D eigenvalue weighted by Crippen LogP contribution is -2.49. The molecule has 1 aromatic rings. The van der Waals surface area contributed by atoms with E-state index in [1.54, 1.807) is 25.3 Å². The van der Waals surface area contributed by atoms with Crippen molar-refractivity contribution in [2.75, 3.05) is 24.9 Å². The molecule has 6 heteroatoms. The molecule has 0 heterocycles. The first-order valence-corrected chi connectivity index (χ1v) is 7.90. The number of methoxy groups -OCH3 is 2. The minimum Gasteiger partial charge on any atom is -0.497 e. The van der Waals surface area contributed by atoms with E-state index >= 15 is 0 Å². The van der Waals surface area contributed by atoms with Crippen LogP contribution in [0.15, 0.2) is 18.2 Å². The summed E-state index contributed by atoms with van der Waals surface area (Å²) in [5.74, 6) is 0.937. The molecular formula is C13H17Br2NO3. The standard InChI is InChI=1S/C13H17Br2NO3/c1-13(7-14,8-15)16-12(17)10-6-9(18-2)4-5-11(10)19-3/h4-6H,7-8H2,1-3H3,(H,16,17). The number of hydrogen-bond acceptors (Lipinski definition) is 3. The van der Waals surface area contributed by atoms with Gasteiger partial charge in [-0.1, -0.05) is 31.9 Å². The van der Waals surface area contributed by atoms with E-state index in [1.807, 2.05) is 6.92 Å². The molecular weight excluding hydrogens is 378 g/mol. The number of halogens is 2. The molecule has 1 rings (SSSR count). The molecule has 19 heavy (non-hydrogen) atoms. The van der Waals surface area contributed by atoms with Gasteiger partial charge in [0.25, 0.3) is 5.91 Å². The van der Waals surface area contributed by atoms with E-state index in [0.29, 0.717) is 27.7 Å². The first kappa shape index (κ1) is 16.3. The third kappa shape index (κ3) is 4.11. The quantitative estimate of drug-likeness (QED) is 0.754. The highest BCUT2D eigenvalue weighted by molar-refractivity contribution is 9.09. The Morgan fingerprint density at radius 2 is 1.89 bits per heavy atom. The first-order chi connectivity index (χ1) is 8.99. The molecule has 4 nitrogen and oxygen atoms in total. The van der Waals surface area contributed by atoms with Gasteiger partial charge in [0.05, 0.1) is 25.3 Å². The molecule has 0 saturated carbocycles. The van der Waals surface area contributed by atoms with Crippen LogP contribution in [0.1, 0.15) is 17.3 Å². The number of rotatable bonds is 6. The summed E-state index contributed by atoms with van der Waals surface area (Å²) in [6, 6.07) is 5.13. The fraction of sp³-hybridized carbons (Fsp3) is 0.462. The van der Waals surface area contributed by atoms with Gasteiger partial charge in [-0.2, -0.15) is 0 Å². The van der Waals surface area contributed by atoms with Gasteiger partial charge in [0, 0.05) is 10.7 Å². The molecule has 0 atom stereocenters. The van der Waals surface area contributed by atoms with Crippen molar-refractivity contribution in [1.29, 1.82) is 0 Å². The van der Waals surface area contributed by atoms with Crippen LogP contribution in [-0.4, -0.2) is 36.3 Å². The Morgan fingerprint density at radius 1 is 1.26 bits per heavy atom. The molecule has 1 amide bonds. The van der Waals surface area contributed by atoms with Crippen molar-refractivity contribution in [3.05, 3.63) is 23.8 Å². The van der Waals surface area contributed by atoms with Crippen molar-refractivity contribution in [2.24, 2.45) is 0 Å². The van der Waals surface area contributed by atoms with Crippen LogP contribution in [0, 0.1) is 0 Å². The summed E-state index contributed by atoms with van der Waals surface area (Å²) in [7, 11) is 3.09. The normalized spacial score (nSPS) is 11.0. The molecule has 0 aliphatic rings. The molecule has 0 unspecified atom stereocenters. The molecule has 1 N–H and O–H groups in total. The van der Waals surface area contributed by atoms with Crippen LogP contribution in [0.25, 0.3) is 0 Å². The Balaban J connectivity index is 3.04. The lowest BCUT2D eigenvalue weighted by atomic mass is 10.1. The van der Waals surface area contributed by atoms with Crippen molar-refractivity contribution in [3.63, 3.8) is 0 Å². The summed E-state index contributed by atoms with van der Waals surface area (Å²) in [6.07, 6.45) is 0. The summed E-state index contributed by atoms with van der Waals surface area (Å²) in [5, 5.41) is 4.25. The van der Waals surface area contributed by atoms with Crippen LogP contribution in [0.3, 0.4) is 0 Å². The number of benzene rings is 1. The molecule has 0 radical (unpaired) electrons. The molecule has 106 valence electrons. The van der Waals surface area contributed by atoms with E-state index in [0.717, 1.165) is 0 Å². The maximum absolute atomic E-state index is 12.3. The first-order valence-electron chi connectivity index (χ1n) is 5.66. The van der Waals surface area contributed by atoms with E-state index < -0.39 is 0 Å². The third-order valence-corrected chi connectivity index (χ3v) is 5.13. The second kappa shape index (κ2) is 7.14. The zero-order valence-electron chi connectivity index (χ0n) is 11.1. The van der Waals surface area contributed by atoms with E-state index in [1.165, 1.54) is 7.11 Å². The van der Waals surface area contributed by atoms with Crippen LogP contribution in [0.4, 0.5) is 0 Å². The molecule has 0 bridgehead atoms. The summed E-state index contributed by atoms with van der Waals surface area (Å²) in [4.78, 5) is 12.3. The van der Waals surface area contributed by atoms with Crippen LogP contribution in [0.2, 0.25) is 0 Å². The molecule has 0 aromatic heterocycles. The van der Waals surface area contributed by atoms with Gasteiger partial charge in [0.1, 0.15) is 11.5 Å². The fourth-order valence-corrected chi connectivity index (χ4v) is 2.64. The Bertz CT molecular complexity index is 448. The molecule has 0 saturated heterocycles. The van der Waals surface area contributed by atoms with Crippen LogP contribution < -0.4 is 14.8 Å². The largest absolute Gasteiger partial charge is 0.497 e. The van der Waals surface area contributed by atoms with Gasteiger partial charge >= 0.3 is 0 Å². The lowest BCUT2D eigenvalue weighted by Gasteiger charge is -2.26. The predicted octanol–water partition coefficient (Wildman–Crippen LogP) is 2.98. The fourth-order valence-electron chi connectivity index (χ4n) is 1.44. The van der Waals surface area contributed by atoms with Gasteiger partial charge in [-0.05, 0) is 25.1 Å². The van der Waals surface area contributed by atoms with Gasteiger partial charge in [0.15, 0.2) is 0 Å². The van der Waals surface area contributed by atoms with Crippen molar-refractivity contribution >= 4 is 37.8 Å². The number of carbonyl (C=O) groups is 1. The second-order valence-corrected chi connectivity index (χ2v) is 5.47. The van der Waals surface area contributed by atoms with E-state index in [-0.39, 0.29) is 11.4 Å². The van der Waals surface area contributed by atoms with Crippen molar-refractivity contribution in [2.45, 2.75) is 12.5 Å². The SMILES string of the molecule is COc1ccc(OC)c(C(=O)NC(C)(CBr)CBr)c1. The Hall–Kier alpha value is -0.750. The average Bonchev–Trinajstić information content (AvgIpc) is 2.46. The lowest BCUT2D eigenvalue weighted by molar-refractivity contribution is 0.0919. The van der Waals surface area contributed by atoms with Crippen LogP contribution in [0.5, 0.6) is 11.5 Å². The van der Waals surface area contributed by atoms with Crippen molar-refractivity contribution in [1.82, 2.24) is 5.32 Å². The minimum absolute atomic E-state index is 0.197. The highest BCUT2D eigenvalue weighted by Gasteiger charge is 2.26. The molecule has 0 aliphatic heterocycles. The Morgan fingerprint density at radius 3 is 2.37 bits per heavy atom. The molecule has 0 spiro atoms. The number of amides is 1. The van der Waals surface area contributed by atoms with E-state index in [9.17, 15) is 4.79 Å². The Labute approximate surface area is 130 Å². The van der Waals surface area contributed by atoms with Gasteiger partial charge in [0.2, 0.25) is 0 Å². The summed E-state index contributed by atoms with van der Waals surface area (Å²) in [5.41, 5.74) is 0.0838. The van der Waals surface area contributed by atoms with Crippen LogP contribution in [-0.2, 0) is 0 Å². The van der Waals surface area contributed by atoms with E-state index in [2.05, 4.69) is 37.2 Å². The average molecular weight is 395 g/mol.